The number of hydrogen-bond acceptors (Lipinski definition) is 9. The summed E-state index contributed by atoms with van der Waals surface area (Å²) >= 11 is 0. The van der Waals surface area contributed by atoms with E-state index in [9.17, 15) is 9.90 Å². The van der Waals surface area contributed by atoms with E-state index < -0.39 is 5.69 Å². The van der Waals surface area contributed by atoms with Gasteiger partial charge >= 0.3 is 11.7 Å². The highest BCUT2D eigenvalue weighted by Gasteiger charge is 2.21. The molecule has 0 radical (unpaired) electrons. The summed E-state index contributed by atoms with van der Waals surface area (Å²) in [6.07, 6.45) is 4.97. The maximum Gasteiger partial charge on any atom is 0.327 e. The number of fused-ring (bicyclic) bond motifs is 1. The van der Waals surface area contributed by atoms with Crippen molar-refractivity contribution in [3.63, 3.8) is 0 Å². The van der Waals surface area contributed by atoms with Crippen LogP contribution in [0.1, 0.15) is 24.1 Å². The van der Waals surface area contributed by atoms with Gasteiger partial charge in [0.2, 0.25) is 5.88 Å². The normalized spacial score (nSPS) is 14.6. The Hall–Kier alpha value is -4.66. The molecule has 12 nitrogen and oxygen atoms in total. The van der Waals surface area contributed by atoms with Crippen LogP contribution < -0.4 is 26.0 Å². The van der Waals surface area contributed by atoms with Gasteiger partial charge in [0.25, 0.3) is 5.62 Å². The molecule has 32 heavy (non-hydrogen) atoms. The molecule has 0 saturated heterocycles. The van der Waals surface area contributed by atoms with Crippen LogP contribution in [0.2, 0.25) is 0 Å². The van der Waals surface area contributed by atoms with Gasteiger partial charge in [0.05, 0.1) is 31.0 Å². The van der Waals surface area contributed by atoms with Crippen molar-refractivity contribution in [2.45, 2.75) is 18.9 Å². The molecular weight excluding hydrogens is 416 g/mol. The lowest BCUT2D eigenvalue weighted by Gasteiger charge is -2.09. The first-order valence-electron chi connectivity index (χ1n) is 9.62. The number of aromatic hydroxyl groups is 1. The van der Waals surface area contributed by atoms with Crippen LogP contribution in [0.15, 0.2) is 34.2 Å². The number of nitriles is 1. The fourth-order valence-corrected chi connectivity index (χ4v) is 3.03. The van der Waals surface area contributed by atoms with Gasteiger partial charge in [-0.15, -0.1) is 0 Å². The number of aromatic nitrogens is 6. The molecular formula is C20H16N8O4. The van der Waals surface area contributed by atoms with Gasteiger partial charge in [-0.25, -0.2) is 9.79 Å². The van der Waals surface area contributed by atoms with Crippen LogP contribution in [0.5, 0.6) is 23.4 Å². The molecule has 0 atom stereocenters. The lowest BCUT2D eigenvalue weighted by Crippen LogP contribution is -2.23. The van der Waals surface area contributed by atoms with Gasteiger partial charge in [0, 0.05) is 11.3 Å². The van der Waals surface area contributed by atoms with Gasteiger partial charge in [-0.1, -0.05) is 0 Å². The lowest BCUT2D eigenvalue weighted by atomic mass is 10.2. The molecule has 1 aromatic carbocycles. The fourth-order valence-electron chi connectivity index (χ4n) is 3.03. The van der Waals surface area contributed by atoms with Gasteiger partial charge in [-0.3, -0.25) is 4.98 Å². The zero-order chi connectivity index (χ0) is 22.2. The number of benzene rings is 1. The maximum absolute atomic E-state index is 11.4. The molecule has 0 spiro atoms. The standard InChI is InChI=1S/C20H16N8O4/c1-31-15-6-10(8-21)2-5-14(15)32-20-25-16-11(7-13-17(29)26-19(30)24-13)9-22-28(16)18(27-20)23-12-3-4-12/h2,5-7,9,12,29H,3-4H2,1H3,(H2,24,26,30). The highest BCUT2D eigenvalue weighted by molar-refractivity contribution is 5.56. The third kappa shape index (κ3) is 3.63. The zero-order valence-corrected chi connectivity index (χ0v) is 16.7. The molecule has 3 N–H and O–H groups in total. The Morgan fingerprint density at radius 1 is 1.31 bits per heavy atom. The molecule has 1 fully saturated rings. The van der Waals surface area contributed by atoms with Crippen LogP contribution in [0.3, 0.4) is 0 Å². The highest BCUT2D eigenvalue weighted by atomic mass is 16.5. The first kappa shape index (κ1) is 19.3. The summed E-state index contributed by atoms with van der Waals surface area (Å²) in [5.41, 5.74) is 0.736. The molecule has 5 rings (SSSR count). The van der Waals surface area contributed by atoms with E-state index in [2.05, 4.69) is 30.0 Å². The van der Waals surface area contributed by atoms with Crippen molar-refractivity contribution < 1.29 is 14.6 Å². The summed E-state index contributed by atoms with van der Waals surface area (Å²) in [4.78, 5) is 29.6. The average molecular weight is 432 g/mol. The van der Waals surface area contributed by atoms with E-state index >= 15 is 0 Å². The largest absolute Gasteiger partial charge is 0.493 e. The monoisotopic (exact) mass is 432 g/mol. The Balaban J connectivity index is 1.66. The smallest absolute Gasteiger partial charge is 0.327 e. The Labute approximate surface area is 179 Å². The van der Waals surface area contributed by atoms with Crippen molar-refractivity contribution in [2.24, 2.45) is 4.99 Å². The third-order valence-electron chi connectivity index (χ3n) is 4.73. The summed E-state index contributed by atoms with van der Waals surface area (Å²) in [7, 11) is 1.47. The number of ether oxygens (including phenoxy) is 2. The van der Waals surface area contributed by atoms with E-state index in [4.69, 9.17) is 14.7 Å². The zero-order valence-electron chi connectivity index (χ0n) is 16.7. The number of imidazole rings is 1. The summed E-state index contributed by atoms with van der Waals surface area (Å²) < 4.78 is 12.6. The number of H-pyrrole nitrogens is 2. The topological polar surface area (TPSA) is 167 Å². The molecule has 12 heteroatoms. The minimum atomic E-state index is -0.541. The molecule has 0 aliphatic heterocycles. The Kier molecular flexibility index (Phi) is 4.55. The first-order valence-corrected chi connectivity index (χ1v) is 9.62. The van der Waals surface area contributed by atoms with Gasteiger partial charge in [-0.2, -0.15) is 24.8 Å². The van der Waals surface area contributed by atoms with E-state index in [1.54, 1.807) is 18.2 Å². The second-order valence-electron chi connectivity index (χ2n) is 7.07. The minimum Gasteiger partial charge on any atom is -0.493 e. The van der Waals surface area contributed by atoms with E-state index in [0.29, 0.717) is 33.5 Å². The molecule has 0 unspecified atom stereocenters. The molecule has 4 aromatic rings. The number of nitrogens with one attached hydrogen (secondary N) is 2. The molecule has 0 amide bonds. The van der Waals surface area contributed by atoms with Crippen molar-refractivity contribution in [2.75, 3.05) is 7.11 Å². The van der Waals surface area contributed by atoms with Crippen molar-refractivity contribution in [3.8, 4) is 29.5 Å². The number of rotatable bonds is 5. The van der Waals surface area contributed by atoms with Crippen molar-refractivity contribution in [3.05, 3.63) is 57.0 Å². The van der Waals surface area contributed by atoms with Gasteiger partial charge in [0.1, 0.15) is 5.69 Å². The second kappa shape index (κ2) is 7.55. The molecule has 3 heterocycles. The van der Waals surface area contributed by atoms with Crippen LogP contribution in [0.25, 0.3) is 11.7 Å². The van der Waals surface area contributed by atoms with Crippen molar-refractivity contribution in [1.29, 1.82) is 5.26 Å². The van der Waals surface area contributed by atoms with Crippen LogP contribution in [-0.4, -0.2) is 47.8 Å². The molecule has 1 aliphatic carbocycles. The van der Waals surface area contributed by atoms with E-state index in [1.165, 1.54) is 23.9 Å². The van der Waals surface area contributed by atoms with Gasteiger partial charge in [-0.05, 0) is 31.1 Å². The molecule has 1 saturated carbocycles. The molecule has 160 valence electrons. The predicted octanol–water partition coefficient (Wildman–Crippen LogP) is 0.130. The van der Waals surface area contributed by atoms with Crippen molar-refractivity contribution >= 4 is 11.7 Å². The number of aromatic amines is 2. The maximum atomic E-state index is 11.4. The number of methoxy groups -OCH3 is 1. The van der Waals surface area contributed by atoms with E-state index in [0.717, 1.165) is 12.8 Å². The van der Waals surface area contributed by atoms with Gasteiger partial charge in [0.15, 0.2) is 17.1 Å². The SMILES string of the molecule is COc1cc(C#N)ccc1Oc1nc(=NC2CC2)n2ncc(=Cc3[nH]c(=O)[nH]c3O)c2n1. The summed E-state index contributed by atoms with van der Waals surface area (Å²) in [5, 5.41) is 23.8. The molecule has 0 bridgehead atoms. The molecule has 3 aromatic heterocycles. The summed E-state index contributed by atoms with van der Waals surface area (Å²) in [5.74, 6) is 0.374. The van der Waals surface area contributed by atoms with Crippen LogP contribution in [0, 0.1) is 11.3 Å². The Morgan fingerprint density at radius 2 is 2.16 bits per heavy atom. The predicted molar refractivity (Wildman–Crippen MR) is 109 cm³/mol. The van der Waals surface area contributed by atoms with E-state index in [1.807, 2.05) is 6.07 Å². The van der Waals surface area contributed by atoms with Crippen LogP contribution >= 0.6 is 0 Å². The summed E-state index contributed by atoms with van der Waals surface area (Å²) in [6, 6.07) is 6.94. The first-order chi connectivity index (χ1) is 15.5. The second-order valence-corrected chi connectivity index (χ2v) is 7.07. The van der Waals surface area contributed by atoms with Gasteiger partial charge < -0.3 is 19.6 Å². The Bertz CT molecular complexity index is 1560. The third-order valence-corrected chi connectivity index (χ3v) is 4.73. The summed E-state index contributed by atoms with van der Waals surface area (Å²) in [6.45, 7) is 0. The van der Waals surface area contributed by atoms with Crippen LogP contribution in [-0.2, 0) is 0 Å². The number of hydrogen-bond donors (Lipinski definition) is 3. The van der Waals surface area contributed by atoms with E-state index in [-0.39, 0.29) is 23.6 Å². The Morgan fingerprint density at radius 3 is 2.84 bits per heavy atom. The van der Waals surface area contributed by atoms with Crippen LogP contribution in [0.4, 0.5) is 0 Å². The van der Waals surface area contributed by atoms with Crippen molar-refractivity contribution in [1.82, 2.24) is 29.5 Å². The average Bonchev–Trinajstić information content (AvgIpc) is 3.42. The minimum absolute atomic E-state index is 0.00171. The molecule has 1 aliphatic rings. The quantitative estimate of drug-likeness (QED) is 0.400. The fraction of sp³-hybridized carbons (Fsp3) is 0.200. The highest BCUT2D eigenvalue weighted by Crippen LogP contribution is 2.30. The number of nitrogens with zero attached hydrogens (tertiary/aromatic N) is 6. The lowest BCUT2D eigenvalue weighted by molar-refractivity contribution is 0.366.